The molecule has 0 heterocycles. The zero-order valence-electron chi connectivity index (χ0n) is 30.6. The smallest absolute Gasteiger partial charge is 0.303 e. The lowest BCUT2D eigenvalue weighted by Gasteiger charge is -2.25. The standard InChI is InChI=1S/C38H44N6O13/c39-35(54)26(12-15-32(48)49)43-38(57)29(19-23-6-3-5-22-4-1-2-7-25(22)23)44-37(56)28(18-21-8-10-24(45)11-9-21)42-31(47)20-40-36(55)27(13-16-33(50)51)41-30(46)14-17-34(52)53/h1-11,26-29,45H,12-20H2,(H2,39,54)(H,40,55)(H,41,46)(H,42,47)(H,43,57)(H,44,56)(H,48,49)(H,50,51)(H,52,53). The van der Waals surface area contributed by atoms with Crippen LogP contribution in [-0.2, 0) is 56.0 Å². The van der Waals surface area contributed by atoms with E-state index in [2.05, 4.69) is 26.6 Å². The number of benzene rings is 3. The lowest BCUT2D eigenvalue weighted by molar-refractivity contribution is -0.139. The Labute approximate surface area is 325 Å². The second kappa shape index (κ2) is 21.7. The lowest BCUT2D eigenvalue weighted by atomic mass is 9.97. The third-order valence-electron chi connectivity index (χ3n) is 8.56. The highest BCUT2D eigenvalue weighted by Gasteiger charge is 2.31. The van der Waals surface area contributed by atoms with Gasteiger partial charge in [0, 0.05) is 32.1 Å². The second-order valence-corrected chi connectivity index (χ2v) is 13.0. The van der Waals surface area contributed by atoms with Gasteiger partial charge in [-0.2, -0.15) is 0 Å². The number of fused-ring (bicyclic) bond motifs is 1. The Morgan fingerprint density at radius 2 is 1.09 bits per heavy atom. The number of carboxylic acid groups (broad SMARTS) is 3. The van der Waals surface area contributed by atoms with Crippen molar-refractivity contribution < 1.29 is 63.6 Å². The van der Waals surface area contributed by atoms with Crippen molar-refractivity contribution in [1.82, 2.24) is 26.6 Å². The predicted molar refractivity (Wildman–Crippen MR) is 200 cm³/mol. The van der Waals surface area contributed by atoms with Gasteiger partial charge in [0.25, 0.3) is 0 Å². The van der Waals surface area contributed by atoms with Crippen molar-refractivity contribution in [2.45, 2.75) is 75.5 Å². The molecule has 0 aliphatic heterocycles. The van der Waals surface area contributed by atoms with Gasteiger partial charge in [-0.1, -0.05) is 54.6 Å². The maximum absolute atomic E-state index is 14.0. The molecule has 0 bridgehead atoms. The number of carbonyl (C=O) groups excluding carboxylic acids is 6. The predicted octanol–water partition coefficient (Wildman–Crippen LogP) is -0.534. The van der Waals surface area contributed by atoms with Gasteiger partial charge in [-0.05, 0) is 46.9 Å². The van der Waals surface area contributed by atoms with Crippen LogP contribution in [0, 0.1) is 0 Å². The van der Waals surface area contributed by atoms with Gasteiger partial charge in [0.1, 0.15) is 29.9 Å². The zero-order valence-corrected chi connectivity index (χ0v) is 30.6. The largest absolute Gasteiger partial charge is 0.508 e. The monoisotopic (exact) mass is 792 g/mol. The van der Waals surface area contributed by atoms with Crippen LogP contribution in [-0.4, -0.2) is 104 Å². The summed E-state index contributed by atoms with van der Waals surface area (Å²) >= 11 is 0. The van der Waals surface area contributed by atoms with E-state index < -0.39 is 110 Å². The van der Waals surface area contributed by atoms with Gasteiger partial charge < -0.3 is 52.7 Å². The summed E-state index contributed by atoms with van der Waals surface area (Å²) in [6, 6.07) is 12.5. The average Bonchev–Trinajstić information content (AvgIpc) is 3.16. The first-order chi connectivity index (χ1) is 27.0. The summed E-state index contributed by atoms with van der Waals surface area (Å²) in [6.07, 6.45) is -3.14. The van der Waals surface area contributed by atoms with E-state index in [-0.39, 0.29) is 31.4 Å². The lowest BCUT2D eigenvalue weighted by Crippen LogP contribution is -2.58. The van der Waals surface area contributed by atoms with E-state index in [9.17, 15) is 48.3 Å². The number of nitrogens with two attached hydrogens (primary N) is 1. The fourth-order valence-electron chi connectivity index (χ4n) is 5.63. The van der Waals surface area contributed by atoms with Crippen molar-refractivity contribution in [3.05, 3.63) is 77.9 Å². The number of phenolic OH excluding ortho intramolecular Hbond substituents is 1. The molecule has 0 spiro atoms. The first-order valence-electron chi connectivity index (χ1n) is 17.7. The Bertz CT molecular complexity index is 1960. The van der Waals surface area contributed by atoms with Gasteiger partial charge in [0.2, 0.25) is 35.4 Å². The summed E-state index contributed by atoms with van der Waals surface area (Å²) in [4.78, 5) is 112. The molecule has 3 aromatic carbocycles. The van der Waals surface area contributed by atoms with E-state index in [4.69, 9.17) is 21.1 Å². The minimum atomic E-state index is -1.45. The van der Waals surface area contributed by atoms with E-state index in [0.717, 1.165) is 10.8 Å². The van der Waals surface area contributed by atoms with Crippen LogP contribution >= 0.6 is 0 Å². The number of nitrogens with one attached hydrogen (secondary N) is 5. The van der Waals surface area contributed by atoms with E-state index in [1.165, 1.54) is 24.3 Å². The molecule has 11 N–H and O–H groups in total. The SMILES string of the molecule is NC(=O)C(CCC(=O)O)NC(=O)C(Cc1cccc2ccccc12)NC(=O)C(Cc1ccc(O)cc1)NC(=O)CNC(=O)C(CCC(=O)O)NC(=O)CCC(=O)O. The molecule has 0 aliphatic rings. The Kier molecular flexibility index (Phi) is 16.9. The third kappa shape index (κ3) is 15.3. The molecule has 0 aliphatic carbocycles. The highest BCUT2D eigenvalue weighted by atomic mass is 16.4. The molecule has 0 radical (unpaired) electrons. The molecule has 0 fully saturated rings. The molecule has 57 heavy (non-hydrogen) atoms. The van der Waals surface area contributed by atoms with Crippen molar-refractivity contribution in [1.29, 1.82) is 0 Å². The summed E-state index contributed by atoms with van der Waals surface area (Å²) in [7, 11) is 0. The normalized spacial score (nSPS) is 12.8. The van der Waals surface area contributed by atoms with E-state index in [0.29, 0.717) is 11.1 Å². The average molecular weight is 793 g/mol. The molecule has 6 amide bonds. The number of hydrogen-bond donors (Lipinski definition) is 10. The first-order valence-corrected chi connectivity index (χ1v) is 17.7. The number of phenols is 1. The Balaban J connectivity index is 1.87. The number of carbonyl (C=O) groups is 9. The van der Waals surface area contributed by atoms with E-state index >= 15 is 0 Å². The van der Waals surface area contributed by atoms with Crippen LogP contribution in [0.2, 0.25) is 0 Å². The molecule has 0 saturated carbocycles. The number of carboxylic acids is 3. The van der Waals surface area contributed by atoms with Crippen LogP contribution in [0.1, 0.15) is 49.7 Å². The quantitative estimate of drug-likeness (QED) is 0.0578. The Hall–Kier alpha value is -7.05. The van der Waals surface area contributed by atoms with Gasteiger partial charge in [0.05, 0.1) is 13.0 Å². The van der Waals surface area contributed by atoms with Crippen LogP contribution in [0.3, 0.4) is 0 Å². The first kappa shape index (κ1) is 44.3. The molecular formula is C38H44N6O13. The summed E-state index contributed by atoms with van der Waals surface area (Å²) in [5.74, 6) is -9.40. The molecule has 3 rings (SSSR count). The molecule has 0 saturated heterocycles. The highest BCUT2D eigenvalue weighted by Crippen LogP contribution is 2.20. The van der Waals surface area contributed by atoms with Crippen molar-refractivity contribution >= 4 is 64.1 Å². The fourth-order valence-corrected chi connectivity index (χ4v) is 5.63. The van der Waals surface area contributed by atoms with Crippen LogP contribution in [0.15, 0.2) is 66.7 Å². The molecule has 19 heteroatoms. The molecule has 0 aromatic heterocycles. The zero-order chi connectivity index (χ0) is 42.1. The molecule has 4 atom stereocenters. The van der Waals surface area contributed by atoms with Gasteiger partial charge in [0.15, 0.2) is 0 Å². The van der Waals surface area contributed by atoms with Crippen LogP contribution in [0.5, 0.6) is 5.75 Å². The molecule has 19 nitrogen and oxygen atoms in total. The van der Waals surface area contributed by atoms with Gasteiger partial charge >= 0.3 is 17.9 Å². The Morgan fingerprint density at radius 1 is 0.544 bits per heavy atom. The Morgan fingerprint density at radius 3 is 1.70 bits per heavy atom. The number of aliphatic carboxylic acids is 3. The van der Waals surface area contributed by atoms with E-state index in [1.807, 2.05) is 18.2 Å². The number of aromatic hydroxyl groups is 1. The number of hydrogen-bond acceptors (Lipinski definition) is 10. The molecule has 3 aromatic rings. The summed E-state index contributed by atoms with van der Waals surface area (Å²) in [5, 5.41) is 50.4. The van der Waals surface area contributed by atoms with Gasteiger partial charge in [-0.15, -0.1) is 0 Å². The number of primary amides is 1. The number of amides is 6. The summed E-state index contributed by atoms with van der Waals surface area (Å²) < 4.78 is 0. The van der Waals surface area contributed by atoms with Gasteiger partial charge in [-0.25, -0.2) is 0 Å². The third-order valence-corrected chi connectivity index (χ3v) is 8.56. The summed E-state index contributed by atoms with van der Waals surface area (Å²) in [5.41, 5.74) is 6.51. The topological polar surface area (TPSA) is 321 Å². The molecular weight excluding hydrogens is 748 g/mol. The number of rotatable bonds is 23. The molecule has 4 unspecified atom stereocenters. The highest BCUT2D eigenvalue weighted by molar-refractivity contribution is 5.96. The van der Waals surface area contributed by atoms with E-state index in [1.54, 1.807) is 24.3 Å². The van der Waals surface area contributed by atoms with Crippen LogP contribution in [0.4, 0.5) is 0 Å². The second-order valence-electron chi connectivity index (χ2n) is 13.0. The van der Waals surface area contributed by atoms with Crippen molar-refractivity contribution in [2.24, 2.45) is 5.73 Å². The minimum absolute atomic E-state index is 0.0854. The molecule has 304 valence electrons. The fraction of sp³-hybridized carbons (Fsp3) is 0.342. The maximum atomic E-state index is 14.0. The van der Waals surface area contributed by atoms with Crippen molar-refractivity contribution in [2.75, 3.05) is 6.54 Å². The van der Waals surface area contributed by atoms with Crippen molar-refractivity contribution in [3.8, 4) is 5.75 Å². The summed E-state index contributed by atoms with van der Waals surface area (Å²) in [6.45, 7) is -0.767. The van der Waals surface area contributed by atoms with Crippen LogP contribution in [0.25, 0.3) is 10.8 Å². The van der Waals surface area contributed by atoms with Crippen molar-refractivity contribution in [3.63, 3.8) is 0 Å². The maximum Gasteiger partial charge on any atom is 0.303 e. The van der Waals surface area contributed by atoms with Gasteiger partial charge in [-0.3, -0.25) is 43.2 Å². The van der Waals surface area contributed by atoms with Crippen LogP contribution < -0.4 is 32.3 Å². The minimum Gasteiger partial charge on any atom is -0.508 e.